The predicted molar refractivity (Wildman–Crippen MR) is 95.8 cm³/mol. The molecule has 160 valence electrons. The average Bonchev–Trinajstić information content (AvgIpc) is 3.02. The van der Waals surface area contributed by atoms with Crippen molar-refractivity contribution in [3.8, 4) is 17.4 Å². The number of hydrogen-bond donors (Lipinski definition) is 2. The molecule has 0 spiro atoms. The second kappa shape index (κ2) is 8.05. The van der Waals surface area contributed by atoms with Gasteiger partial charge < -0.3 is 25.0 Å². The molecule has 0 saturated carbocycles. The van der Waals surface area contributed by atoms with E-state index in [0.717, 1.165) is 24.3 Å². The minimum absolute atomic E-state index is 0.0199. The Morgan fingerprint density at radius 1 is 1.30 bits per heavy atom. The number of pyridine rings is 1. The molecule has 30 heavy (non-hydrogen) atoms. The van der Waals surface area contributed by atoms with Crippen LogP contribution >= 0.6 is 0 Å². The number of methoxy groups -OCH3 is 1. The van der Waals surface area contributed by atoms with Crippen LogP contribution in [-0.2, 0) is 11.0 Å². The molecule has 8 nitrogen and oxygen atoms in total. The van der Waals surface area contributed by atoms with Crippen LogP contribution in [0.1, 0.15) is 5.56 Å². The summed E-state index contributed by atoms with van der Waals surface area (Å²) < 4.78 is 62.5. The molecule has 0 bridgehead atoms. The van der Waals surface area contributed by atoms with Gasteiger partial charge in [-0.05, 0) is 6.07 Å². The Bertz CT molecular complexity index is 966. The molecule has 1 aliphatic rings. The zero-order valence-corrected chi connectivity index (χ0v) is 15.7. The molecular weight excluding hydrogens is 412 g/mol. The van der Waals surface area contributed by atoms with Gasteiger partial charge in [-0.15, -0.1) is 0 Å². The molecule has 12 heteroatoms. The number of aromatic nitrogens is 1. The van der Waals surface area contributed by atoms with Gasteiger partial charge in [-0.3, -0.25) is 4.79 Å². The zero-order chi connectivity index (χ0) is 22.1. The fraction of sp³-hybridized carbons (Fsp3) is 0.278. The maximum Gasteiger partial charge on any atom is 0.417 e. The van der Waals surface area contributed by atoms with Crippen LogP contribution in [0.4, 0.5) is 28.0 Å². The van der Waals surface area contributed by atoms with E-state index in [1.165, 1.54) is 19.1 Å². The number of rotatable bonds is 5. The van der Waals surface area contributed by atoms with Gasteiger partial charge in [0.1, 0.15) is 11.8 Å². The Labute approximate surface area is 167 Å². The van der Waals surface area contributed by atoms with Crippen LogP contribution in [0.3, 0.4) is 0 Å². The van der Waals surface area contributed by atoms with Crippen molar-refractivity contribution in [1.82, 2.24) is 15.2 Å². The largest absolute Gasteiger partial charge is 0.494 e. The Morgan fingerprint density at radius 2 is 2.03 bits per heavy atom. The zero-order valence-electron chi connectivity index (χ0n) is 15.7. The number of nitrogens with zero attached hydrogens (tertiary/aromatic N) is 2. The molecule has 1 fully saturated rings. The number of hydrogen-bond acceptors (Lipinski definition) is 5. The summed E-state index contributed by atoms with van der Waals surface area (Å²) in [4.78, 5) is 28.7. The van der Waals surface area contributed by atoms with E-state index < -0.39 is 41.3 Å². The van der Waals surface area contributed by atoms with Crippen molar-refractivity contribution < 1.29 is 36.6 Å². The molecule has 1 aromatic carbocycles. The highest BCUT2D eigenvalue weighted by molar-refractivity contribution is 5.99. The first-order valence-corrected chi connectivity index (χ1v) is 8.50. The molecule has 0 aliphatic carbocycles. The minimum Gasteiger partial charge on any atom is -0.494 e. The summed E-state index contributed by atoms with van der Waals surface area (Å²) in [6, 6.07) is 2.51. The molecule has 1 saturated heterocycles. The molecule has 3 rings (SSSR count). The lowest BCUT2D eigenvalue weighted by molar-refractivity contribution is -0.137. The van der Waals surface area contributed by atoms with Gasteiger partial charge in [0.25, 0.3) is 0 Å². The summed E-state index contributed by atoms with van der Waals surface area (Å²) in [5.74, 6) is -2.14. The van der Waals surface area contributed by atoms with E-state index in [1.54, 1.807) is 0 Å². The van der Waals surface area contributed by atoms with Gasteiger partial charge in [0, 0.05) is 38.0 Å². The quantitative estimate of drug-likeness (QED) is 0.715. The molecule has 3 amide bonds. The summed E-state index contributed by atoms with van der Waals surface area (Å²) in [5.41, 5.74) is -0.944. The third-order valence-corrected chi connectivity index (χ3v) is 4.33. The molecular formula is C18H16F4N4O4. The van der Waals surface area contributed by atoms with E-state index in [4.69, 9.17) is 9.47 Å². The van der Waals surface area contributed by atoms with Crippen molar-refractivity contribution in [3.63, 3.8) is 0 Å². The van der Waals surface area contributed by atoms with Crippen LogP contribution in [0.25, 0.3) is 0 Å². The average molecular weight is 428 g/mol. The molecule has 0 unspecified atom stereocenters. The lowest BCUT2D eigenvalue weighted by Crippen LogP contribution is -2.40. The van der Waals surface area contributed by atoms with Gasteiger partial charge in [0.15, 0.2) is 11.6 Å². The highest BCUT2D eigenvalue weighted by atomic mass is 19.4. The summed E-state index contributed by atoms with van der Waals surface area (Å²) in [6.07, 6.45) is -4.02. The standard InChI is InChI=1S/C18H16F4N4O4/c1-26-12(8-24-17(26)28)16(27)25-11-6-13(10(19)5-14(11)29-2)30-15-4-3-9(7-23-15)18(20,21)22/h3-7,12H,8H2,1-2H3,(H,24,28)(H,25,27)/t12-/m0/s1. The number of ether oxygens (including phenoxy) is 2. The number of nitrogens with one attached hydrogen (secondary N) is 2. The van der Waals surface area contributed by atoms with E-state index in [1.807, 2.05) is 0 Å². The van der Waals surface area contributed by atoms with Crippen molar-refractivity contribution in [2.24, 2.45) is 0 Å². The van der Waals surface area contributed by atoms with Crippen LogP contribution in [0.5, 0.6) is 17.4 Å². The Hall–Kier alpha value is -3.57. The third kappa shape index (κ3) is 4.36. The fourth-order valence-electron chi connectivity index (χ4n) is 2.67. The first kappa shape index (κ1) is 21.1. The SMILES string of the molecule is COc1cc(F)c(Oc2ccc(C(F)(F)F)cn2)cc1NC(=O)[C@@H]1CNC(=O)N1C. The van der Waals surface area contributed by atoms with Crippen LogP contribution in [0.2, 0.25) is 0 Å². The molecule has 2 aromatic rings. The molecule has 1 atom stereocenters. The van der Waals surface area contributed by atoms with Crippen molar-refractivity contribution in [3.05, 3.63) is 41.8 Å². The number of halogens is 4. The van der Waals surface area contributed by atoms with E-state index in [9.17, 15) is 27.2 Å². The second-order valence-electron chi connectivity index (χ2n) is 6.27. The number of urea groups is 1. The third-order valence-electron chi connectivity index (χ3n) is 4.33. The minimum atomic E-state index is -4.57. The number of anilines is 1. The predicted octanol–water partition coefficient (Wildman–Crippen LogP) is 3.00. The van der Waals surface area contributed by atoms with Gasteiger partial charge in [0.05, 0.1) is 18.4 Å². The van der Waals surface area contributed by atoms with Crippen molar-refractivity contribution in [2.75, 3.05) is 26.0 Å². The summed E-state index contributed by atoms with van der Waals surface area (Å²) in [5, 5.41) is 5.03. The molecule has 1 aliphatic heterocycles. The number of likely N-dealkylation sites (N-methyl/N-ethyl adjacent to an activating group) is 1. The first-order valence-electron chi connectivity index (χ1n) is 8.50. The normalized spacial score (nSPS) is 16.3. The van der Waals surface area contributed by atoms with Crippen molar-refractivity contribution >= 4 is 17.6 Å². The van der Waals surface area contributed by atoms with Crippen LogP contribution < -0.4 is 20.1 Å². The number of carbonyl (C=O) groups is 2. The lowest BCUT2D eigenvalue weighted by atomic mass is 10.2. The second-order valence-corrected chi connectivity index (χ2v) is 6.27. The summed E-state index contributed by atoms with van der Waals surface area (Å²) in [6.45, 7) is 0.0868. The highest BCUT2D eigenvalue weighted by Crippen LogP contribution is 2.35. The van der Waals surface area contributed by atoms with E-state index >= 15 is 0 Å². The number of alkyl halides is 3. The van der Waals surface area contributed by atoms with Gasteiger partial charge in [-0.1, -0.05) is 0 Å². The maximum atomic E-state index is 14.3. The van der Waals surface area contributed by atoms with Crippen LogP contribution in [-0.4, -0.2) is 48.6 Å². The first-order chi connectivity index (χ1) is 14.1. The van der Waals surface area contributed by atoms with Crippen LogP contribution in [0, 0.1) is 5.82 Å². The maximum absolute atomic E-state index is 14.3. The topological polar surface area (TPSA) is 92.8 Å². The summed E-state index contributed by atoms with van der Waals surface area (Å²) >= 11 is 0. The number of carbonyl (C=O) groups excluding carboxylic acids is 2. The fourth-order valence-corrected chi connectivity index (χ4v) is 2.67. The number of benzene rings is 1. The van der Waals surface area contributed by atoms with Crippen molar-refractivity contribution in [2.45, 2.75) is 12.2 Å². The summed E-state index contributed by atoms with van der Waals surface area (Å²) in [7, 11) is 2.70. The Balaban J connectivity index is 1.82. The van der Waals surface area contributed by atoms with Gasteiger partial charge in [0.2, 0.25) is 11.8 Å². The molecule has 2 N–H and O–H groups in total. The lowest BCUT2D eigenvalue weighted by Gasteiger charge is -2.19. The van der Waals surface area contributed by atoms with Gasteiger partial charge in [-0.2, -0.15) is 13.2 Å². The van der Waals surface area contributed by atoms with Gasteiger partial charge >= 0.3 is 12.2 Å². The Morgan fingerprint density at radius 3 is 2.57 bits per heavy atom. The molecule has 0 radical (unpaired) electrons. The smallest absolute Gasteiger partial charge is 0.417 e. The highest BCUT2D eigenvalue weighted by Gasteiger charge is 2.34. The molecule has 1 aromatic heterocycles. The van der Waals surface area contributed by atoms with E-state index in [-0.39, 0.29) is 23.9 Å². The van der Waals surface area contributed by atoms with Crippen LogP contribution in [0.15, 0.2) is 30.5 Å². The molecule has 2 heterocycles. The number of amides is 3. The van der Waals surface area contributed by atoms with E-state index in [2.05, 4.69) is 15.6 Å². The van der Waals surface area contributed by atoms with Gasteiger partial charge in [-0.25, -0.2) is 14.2 Å². The monoisotopic (exact) mass is 428 g/mol. The van der Waals surface area contributed by atoms with Crippen molar-refractivity contribution in [1.29, 1.82) is 0 Å². The Kier molecular flexibility index (Phi) is 5.67. The van der Waals surface area contributed by atoms with E-state index in [0.29, 0.717) is 6.20 Å².